The topological polar surface area (TPSA) is 102 Å². The number of thioether (sulfide) groups is 1. The van der Waals surface area contributed by atoms with Gasteiger partial charge in [-0.25, -0.2) is 4.79 Å². The lowest BCUT2D eigenvalue weighted by Crippen LogP contribution is -2.13. The van der Waals surface area contributed by atoms with Crippen molar-refractivity contribution in [1.29, 1.82) is 0 Å². The number of hydrogen-bond acceptors (Lipinski definition) is 8. The van der Waals surface area contributed by atoms with Crippen LogP contribution in [0.1, 0.15) is 0 Å². The van der Waals surface area contributed by atoms with E-state index in [9.17, 15) is 9.59 Å². The van der Waals surface area contributed by atoms with E-state index < -0.39 is 5.63 Å². The summed E-state index contributed by atoms with van der Waals surface area (Å²) in [7, 11) is 0. The molecule has 0 radical (unpaired) electrons. The minimum atomic E-state index is -0.402. The van der Waals surface area contributed by atoms with Crippen LogP contribution >= 0.6 is 23.1 Å². The van der Waals surface area contributed by atoms with Crippen LogP contribution in [0.5, 0.6) is 0 Å². The van der Waals surface area contributed by atoms with Crippen LogP contribution in [-0.4, -0.2) is 31.5 Å². The Labute approximate surface area is 142 Å². The van der Waals surface area contributed by atoms with Crippen molar-refractivity contribution >= 4 is 50.6 Å². The molecule has 0 atom stereocenters. The number of amides is 1. The van der Waals surface area contributed by atoms with Crippen LogP contribution in [-0.2, 0) is 4.79 Å². The van der Waals surface area contributed by atoms with Gasteiger partial charge < -0.3 is 9.73 Å². The molecule has 0 fully saturated rings. The third kappa shape index (κ3) is 3.01. The third-order valence-electron chi connectivity index (χ3n) is 3.10. The number of nitrogens with zero attached hydrogens (tertiary/aromatic N) is 4. The van der Waals surface area contributed by atoms with Crippen LogP contribution in [0.25, 0.3) is 15.9 Å². The van der Waals surface area contributed by atoms with Crippen molar-refractivity contribution in [2.24, 2.45) is 0 Å². The van der Waals surface area contributed by atoms with Gasteiger partial charge in [-0.3, -0.25) is 4.79 Å². The van der Waals surface area contributed by atoms with Gasteiger partial charge in [0.2, 0.25) is 10.9 Å². The summed E-state index contributed by atoms with van der Waals surface area (Å²) in [5.41, 5.74) is 0.718. The van der Waals surface area contributed by atoms with Crippen LogP contribution in [0.4, 0.5) is 5.69 Å². The van der Waals surface area contributed by atoms with Gasteiger partial charge in [0.1, 0.15) is 11.9 Å². The summed E-state index contributed by atoms with van der Waals surface area (Å²) < 4.78 is 7.37. The first-order valence-corrected chi connectivity index (χ1v) is 8.61. The first-order chi connectivity index (χ1) is 11.7. The SMILES string of the molecule is O=C(CSc1nn2cnnc2s1)Nc1ccc2oc(=O)ccc2c1. The molecule has 10 heteroatoms. The second-order valence-corrected chi connectivity index (χ2v) is 6.95. The van der Waals surface area contributed by atoms with Gasteiger partial charge in [-0.05, 0) is 24.3 Å². The highest BCUT2D eigenvalue weighted by Gasteiger charge is 2.09. The van der Waals surface area contributed by atoms with Gasteiger partial charge >= 0.3 is 5.63 Å². The maximum absolute atomic E-state index is 12.1. The second kappa shape index (κ2) is 6.06. The summed E-state index contributed by atoms with van der Waals surface area (Å²) >= 11 is 2.71. The molecular formula is C14H9N5O3S2. The van der Waals surface area contributed by atoms with Crippen LogP contribution in [0, 0.1) is 0 Å². The van der Waals surface area contributed by atoms with Crippen molar-refractivity contribution in [3.8, 4) is 0 Å². The largest absolute Gasteiger partial charge is 0.423 e. The zero-order valence-corrected chi connectivity index (χ0v) is 13.6. The molecule has 120 valence electrons. The maximum atomic E-state index is 12.1. The fraction of sp³-hybridized carbons (Fsp3) is 0.0714. The van der Waals surface area contributed by atoms with Crippen molar-refractivity contribution < 1.29 is 9.21 Å². The summed E-state index contributed by atoms with van der Waals surface area (Å²) in [4.78, 5) is 23.9. The summed E-state index contributed by atoms with van der Waals surface area (Å²) in [5.74, 6) is 0.0779. The van der Waals surface area contributed by atoms with E-state index in [0.29, 0.717) is 16.2 Å². The van der Waals surface area contributed by atoms with Gasteiger partial charge in [0.25, 0.3) is 0 Å². The quantitative estimate of drug-likeness (QED) is 0.439. The molecule has 1 N–H and O–H groups in total. The Balaban J connectivity index is 1.42. The van der Waals surface area contributed by atoms with E-state index in [0.717, 1.165) is 9.73 Å². The minimum absolute atomic E-state index is 0.150. The van der Waals surface area contributed by atoms with Crippen molar-refractivity contribution in [2.45, 2.75) is 4.34 Å². The molecule has 0 unspecified atom stereocenters. The molecule has 0 bridgehead atoms. The molecule has 0 spiro atoms. The van der Waals surface area contributed by atoms with Gasteiger partial charge in [-0.2, -0.15) is 4.52 Å². The molecule has 0 saturated carbocycles. The van der Waals surface area contributed by atoms with E-state index in [4.69, 9.17) is 4.42 Å². The fourth-order valence-electron chi connectivity index (χ4n) is 2.07. The molecule has 24 heavy (non-hydrogen) atoms. The average molecular weight is 359 g/mol. The van der Waals surface area contributed by atoms with E-state index in [-0.39, 0.29) is 11.7 Å². The first kappa shape index (κ1) is 14.8. The van der Waals surface area contributed by atoms with Gasteiger partial charge in [0.15, 0.2) is 4.34 Å². The van der Waals surface area contributed by atoms with Crippen LogP contribution in [0.15, 0.2) is 50.2 Å². The third-order valence-corrected chi connectivity index (χ3v) is 5.14. The number of benzene rings is 1. The molecule has 0 aliphatic carbocycles. The number of carbonyl (C=O) groups excluding carboxylic acids is 1. The maximum Gasteiger partial charge on any atom is 0.336 e. The highest BCUT2D eigenvalue weighted by molar-refractivity contribution is 8.01. The molecule has 4 aromatic rings. The highest BCUT2D eigenvalue weighted by Crippen LogP contribution is 2.24. The monoisotopic (exact) mass is 359 g/mol. The van der Waals surface area contributed by atoms with Crippen LogP contribution < -0.4 is 10.9 Å². The summed E-state index contributed by atoms with van der Waals surface area (Å²) in [6.07, 6.45) is 1.52. The lowest BCUT2D eigenvalue weighted by atomic mass is 10.2. The molecule has 4 rings (SSSR count). The van der Waals surface area contributed by atoms with Crippen molar-refractivity contribution in [2.75, 3.05) is 11.1 Å². The lowest BCUT2D eigenvalue weighted by Gasteiger charge is -2.05. The lowest BCUT2D eigenvalue weighted by molar-refractivity contribution is -0.113. The van der Waals surface area contributed by atoms with Crippen molar-refractivity contribution in [3.05, 3.63) is 47.1 Å². The Morgan fingerprint density at radius 3 is 3.12 bits per heavy atom. The second-order valence-electron chi connectivity index (χ2n) is 4.77. The summed E-state index contributed by atoms with van der Waals surface area (Å²) in [6.45, 7) is 0. The Kier molecular flexibility index (Phi) is 3.75. The zero-order valence-electron chi connectivity index (χ0n) is 12.0. The number of nitrogens with one attached hydrogen (secondary N) is 1. The van der Waals surface area contributed by atoms with E-state index in [2.05, 4.69) is 20.6 Å². The van der Waals surface area contributed by atoms with Crippen LogP contribution in [0.2, 0.25) is 0 Å². The highest BCUT2D eigenvalue weighted by atomic mass is 32.2. The molecule has 1 aromatic carbocycles. The number of fused-ring (bicyclic) bond motifs is 2. The van der Waals surface area contributed by atoms with E-state index in [1.807, 2.05) is 0 Å². The standard InChI is InChI=1S/C14H9N5O3S2/c20-11(6-23-14-18-19-7-15-17-13(19)24-14)16-9-2-3-10-8(5-9)1-4-12(21)22-10/h1-5,7H,6H2,(H,16,20). The van der Waals surface area contributed by atoms with E-state index in [1.165, 1.54) is 35.5 Å². The molecule has 1 amide bonds. The Hall–Kier alpha value is -2.72. The smallest absolute Gasteiger partial charge is 0.336 e. The molecular weight excluding hydrogens is 350 g/mol. The molecule has 8 nitrogen and oxygen atoms in total. The van der Waals surface area contributed by atoms with Gasteiger partial charge in [0.05, 0.1) is 5.75 Å². The number of carbonyl (C=O) groups is 1. The summed E-state index contributed by atoms with van der Waals surface area (Å²) in [6, 6.07) is 8.10. The number of aromatic nitrogens is 4. The minimum Gasteiger partial charge on any atom is -0.423 e. The molecule has 0 aliphatic heterocycles. The normalized spacial score (nSPS) is 11.2. The van der Waals surface area contributed by atoms with E-state index in [1.54, 1.807) is 28.8 Å². The Morgan fingerprint density at radius 2 is 2.25 bits per heavy atom. The van der Waals surface area contributed by atoms with Gasteiger partial charge in [0, 0.05) is 17.1 Å². The Bertz CT molecular complexity index is 1070. The van der Waals surface area contributed by atoms with E-state index >= 15 is 0 Å². The van der Waals surface area contributed by atoms with Crippen LogP contribution in [0.3, 0.4) is 0 Å². The molecule has 0 saturated heterocycles. The predicted molar refractivity (Wildman–Crippen MR) is 90.5 cm³/mol. The predicted octanol–water partition coefficient (Wildman–Crippen LogP) is 2.02. The molecule has 0 aliphatic rings. The number of anilines is 1. The van der Waals surface area contributed by atoms with Crippen molar-refractivity contribution in [1.82, 2.24) is 19.8 Å². The zero-order chi connectivity index (χ0) is 16.5. The fourth-order valence-corrected chi connectivity index (χ4v) is 3.74. The molecule has 3 aromatic heterocycles. The number of rotatable bonds is 4. The average Bonchev–Trinajstić information content (AvgIpc) is 3.14. The van der Waals surface area contributed by atoms with Gasteiger partial charge in [-0.15, -0.1) is 15.3 Å². The molecule has 3 heterocycles. The first-order valence-electron chi connectivity index (χ1n) is 6.81. The van der Waals surface area contributed by atoms with Crippen molar-refractivity contribution in [3.63, 3.8) is 0 Å². The Morgan fingerprint density at radius 1 is 1.33 bits per heavy atom. The number of hydrogen-bond donors (Lipinski definition) is 1. The van der Waals surface area contributed by atoms with Gasteiger partial charge in [-0.1, -0.05) is 23.1 Å². The summed E-state index contributed by atoms with van der Waals surface area (Å²) in [5, 5.41) is 15.4.